The molecule has 0 saturated heterocycles. The van der Waals surface area contributed by atoms with Crippen LogP contribution in [-0.4, -0.2) is 42.4 Å². The second kappa shape index (κ2) is 9.28. The van der Waals surface area contributed by atoms with E-state index in [1.54, 1.807) is 13.1 Å². The molecule has 0 aliphatic carbocycles. The monoisotopic (exact) mass is 300 g/mol. The van der Waals surface area contributed by atoms with Gasteiger partial charge in [0.05, 0.1) is 11.9 Å². The molecule has 1 radical (unpaired) electrons. The van der Waals surface area contributed by atoms with Gasteiger partial charge in [0.2, 0.25) is 0 Å². The summed E-state index contributed by atoms with van der Waals surface area (Å²) < 4.78 is 0. The van der Waals surface area contributed by atoms with Gasteiger partial charge in [-0.3, -0.25) is 0 Å². The largest absolute Gasteiger partial charge is 2.00 e. The first-order chi connectivity index (χ1) is 8.08. The molecule has 1 heterocycles. The van der Waals surface area contributed by atoms with E-state index in [-0.39, 0.29) is 29.2 Å². The first-order valence-electron chi connectivity index (χ1n) is 5.95. The second-order valence-electron chi connectivity index (χ2n) is 4.28. The molecule has 5 nitrogen and oxygen atoms in total. The molecule has 0 amide bonds. The van der Waals surface area contributed by atoms with E-state index in [1.807, 2.05) is 20.0 Å². The number of nitrogens with zero attached hydrogens (tertiary/aromatic N) is 3. The van der Waals surface area contributed by atoms with Gasteiger partial charge in [-0.2, -0.15) is 0 Å². The van der Waals surface area contributed by atoms with E-state index in [9.17, 15) is 5.11 Å². The number of amidine groups is 1. The maximum atomic E-state index is 9.18. The zero-order valence-electron chi connectivity index (χ0n) is 11.0. The van der Waals surface area contributed by atoms with Gasteiger partial charge in [-0.05, 0) is 26.8 Å². The third kappa shape index (κ3) is 7.61. The van der Waals surface area contributed by atoms with Crippen LogP contribution in [0, 0.1) is 0 Å². The Morgan fingerprint density at radius 2 is 2.22 bits per heavy atom. The van der Waals surface area contributed by atoms with Crippen LogP contribution in [0.1, 0.15) is 27.2 Å². The summed E-state index contributed by atoms with van der Waals surface area (Å²) in [6, 6.07) is 0.206. The first-order valence-corrected chi connectivity index (χ1v) is 5.95. The van der Waals surface area contributed by atoms with E-state index in [1.165, 1.54) is 0 Å². The maximum absolute atomic E-state index is 9.18. The standard InChI is InChI=1S/C12H21N4O.Cu/c1-9(6-10(2)17)14-5-4-13-7-12-8-15-11(3)16-12;/h7-10,13,17H,4-6H2,1-3H3;/q-1;+2. The van der Waals surface area contributed by atoms with Crippen molar-refractivity contribution in [1.82, 2.24) is 5.32 Å². The normalized spacial score (nSPS) is 19.3. The number of aliphatic hydroxyl groups is 1. The summed E-state index contributed by atoms with van der Waals surface area (Å²) in [5.74, 6) is 0.785. The fourth-order valence-electron chi connectivity index (χ4n) is 1.57. The van der Waals surface area contributed by atoms with Crippen molar-refractivity contribution in [3.05, 3.63) is 17.2 Å². The number of hydrogen-bond acceptors (Lipinski definition) is 4. The molecule has 2 unspecified atom stereocenters. The quantitative estimate of drug-likeness (QED) is 0.552. The number of nitrogens with one attached hydrogen (secondary N) is 1. The molecule has 1 aliphatic rings. The summed E-state index contributed by atoms with van der Waals surface area (Å²) in [5.41, 5.74) is 0.847. The van der Waals surface area contributed by atoms with Gasteiger partial charge in [-0.15, -0.1) is 12.6 Å². The van der Waals surface area contributed by atoms with Crippen LogP contribution in [0.2, 0.25) is 0 Å². The zero-order valence-corrected chi connectivity index (χ0v) is 12.0. The van der Waals surface area contributed by atoms with Crippen molar-refractivity contribution >= 4 is 12.1 Å². The summed E-state index contributed by atoms with van der Waals surface area (Å²) >= 11 is 0. The number of aliphatic hydroxyl groups excluding tert-OH is 1. The molecule has 6 heteroatoms. The topological polar surface area (TPSA) is 71.1 Å². The van der Waals surface area contributed by atoms with E-state index in [4.69, 9.17) is 0 Å². The molecular weight excluding hydrogens is 280 g/mol. The van der Waals surface area contributed by atoms with Crippen LogP contribution in [0.15, 0.2) is 21.9 Å². The molecule has 0 spiro atoms. The minimum atomic E-state index is -0.282. The Balaban J connectivity index is 0.00000289. The molecule has 1 aliphatic heterocycles. The Labute approximate surface area is 119 Å². The zero-order chi connectivity index (χ0) is 12.7. The average Bonchev–Trinajstić information content (AvgIpc) is 2.62. The van der Waals surface area contributed by atoms with Gasteiger partial charge in [0, 0.05) is 12.3 Å². The Bertz CT molecular complexity index is 326. The molecule has 2 atom stereocenters. The molecule has 2 N–H and O–H groups in total. The Morgan fingerprint density at radius 1 is 1.50 bits per heavy atom. The second-order valence-corrected chi connectivity index (χ2v) is 4.28. The third-order valence-corrected chi connectivity index (χ3v) is 2.30. The third-order valence-electron chi connectivity index (χ3n) is 2.30. The summed E-state index contributed by atoms with van der Waals surface area (Å²) in [6.07, 6.45) is 4.01. The SMILES string of the molecule is CC1=NC(=CNCC[N-]C(C)CC(C)O)C=N1.[Cu+2]. The molecule has 1 rings (SSSR count). The fourth-order valence-corrected chi connectivity index (χ4v) is 1.57. The maximum Gasteiger partial charge on any atom is 2.00 e. The Morgan fingerprint density at radius 3 is 2.78 bits per heavy atom. The molecule has 0 aromatic carbocycles. The van der Waals surface area contributed by atoms with Crippen molar-refractivity contribution in [3.63, 3.8) is 0 Å². The summed E-state index contributed by atoms with van der Waals surface area (Å²) in [5, 5.41) is 16.7. The van der Waals surface area contributed by atoms with Crippen LogP contribution >= 0.6 is 0 Å². The predicted octanol–water partition coefficient (Wildman–Crippen LogP) is 1.45. The number of rotatable bonds is 7. The fraction of sp³-hybridized carbons (Fsp3) is 0.667. The summed E-state index contributed by atoms with van der Waals surface area (Å²) in [6.45, 7) is 7.18. The van der Waals surface area contributed by atoms with E-state index < -0.39 is 0 Å². The molecule has 105 valence electrons. The van der Waals surface area contributed by atoms with Gasteiger partial charge in [0.15, 0.2) is 0 Å². The van der Waals surface area contributed by atoms with Crippen LogP contribution in [0.4, 0.5) is 0 Å². The molecule has 0 aromatic rings. The van der Waals surface area contributed by atoms with Crippen LogP contribution in [0.5, 0.6) is 0 Å². The molecular formula is C12H21CuN4O+. The molecule has 18 heavy (non-hydrogen) atoms. The van der Waals surface area contributed by atoms with Gasteiger partial charge in [-0.25, -0.2) is 9.98 Å². The van der Waals surface area contributed by atoms with Crippen molar-refractivity contribution in [2.45, 2.75) is 39.3 Å². The van der Waals surface area contributed by atoms with Crippen molar-refractivity contribution in [2.24, 2.45) is 9.98 Å². The predicted molar refractivity (Wildman–Crippen MR) is 71.7 cm³/mol. The van der Waals surface area contributed by atoms with Gasteiger partial charge < -0.3 is 15.7 Å². The first kappa shape index (κ1) is 17.3. The van der Waals surface area contributed by atoms with Crippen molar-refractivity contribution in [3.8, 4) is 0 Å². The van der Waals surface area contributed by atoms with Crippen LogP contribution < -0.4 is 5.32 Å². The van der Waals surface area contributed by atoms with Crippen molar-refractivity contribution < 1.29 is 22.2 Å². The van der Waals surface area contributed by atoms with Gasteiger partial charge in [-0.1, -0.05) is 6.92 Å². The minimum absolute atomic E-state index is 0. The number of aliphatic imine (C=N–C) groups is 2. The van der Waals surface area contributed by atoms with Crippen molar-refractivity contribution in [1.29, 1.82) is 0 Å². The van der Waals surface area contributed by atoms with Gasteiger partial charge in [0.25, 0.3) is 0 Å². The smallest absolute Gasteiger partial charge is 0.658 e. The van der Waals surface area contributed by atoms with E-state index in [2.05, 4.69) is 20.6 Å². The number of allylic oxidation sites excluding steroid dienone is 1. The van der Waals surface area contributed by atoms with Gasteiger partial charge >= 0.3 is 17.1 Å². The minimum Gasteiger partial charge on any atom is -0.658 e. The van der Waals surface area contributed by atoms with E-state index in [0.717, 1.165) is 31.0 Å². The molecule has 0 fully saturated rings. The van der Waals surface area contributed by atoms with Crippen LogP contribution in [-0.2, 0) is 17.1 Å². The Hall–Kier alpha value is -0.681. The molecule has 0 saturated carbocycles. The van der Waals surface area contributed by atoms with E-state index in [0.29, 0.717) is 0 Å². The van der Waals surface area contributed by atoms with Crippen LogP contribution in [0.3, 0.4) is 0 Å². The van der Waals surface area contributed by atoms with E-state index >= 15 is 0 Å². The van der Waals surface area contributed by atoms with Crippen LogP contribution in [0.25, 0.3) is 5.32 Å². The molecule has 0 bridgehead atoms. The number of hydrogen-bond donors (Lipinski definition) is 2. The Kier molecular flexibility index (Phi) is 8.93. The average molecular weight is 301 g/mol. The molecule has 0 aromatic heterocycles. The summed E-state index contributed by atoms with van der Waals surface area (Å²) in [4.78, 5) is 8.23. The van der Waals surface area contributed by atoms with Gasteiger partial charge in [0.1, 0.15) is 5.84 Å². The van der Waals surface area contributed by atoms with Crippen molar-refractivity contribution in [2.75, 3.05) is 13.1 Å². The summed E-state index contributed by atoms with van der Waals surface area (Å²) in [7, 11) is 0.